The highest BCUT2D eigenvalue weighted by molar-refractivity contribution is 7.99. The van der Waals surface area contributed by atoms with Crippen molar-refractivity contribution in [2.45, 2.75) is 29.1 Å². The van der Waals surface area contributed by atoms with E-state index in [2.05, 4.69) is 10.1 Å². The Morgan fingerprint density at radius 2 is 1.80 bits per heavy atom. The Hall–Kier alpha value is -3.91. The molecule has 0 saturated carbocycles. The lowest BCUT2D eigenvalue weighted by Crippen LogP contribution is -2.30. The smallest absolute Gasteiger partial charge is 0.259 e. The molecular weight excluding hydrogens is 460 g/mol. The first kappa shape index (κ1) is 21.6. The molecule has 0 unspecified atom stereocenters. The van der Waals surface area contributed by atoms with E-state index in [0.29, 0.717) is 36.8 Å². The highest BCUT2D eigenvalue weighted by atomic mass is 32.2. The summed E-state index contributed by atoms with van der Waals surface area (Å²) in [4.78, 5) is 35.8. The van der Waals surface area contributed by atoms with Crippen LogP contribution in [0.15, 0.2) is 87.1 Å². The van der Waals surface area contributed by atoms with Gasteiger partial charge in [0, 0.05) is 40.6 Å². The second-order valence-corrected chi connectivity index (χ2v) is 9.61. The number of benzene rings is 3. The normalized spacial score (nSPS) is 17.3. The lowest BCUT2D eigenvalue weighted by atomic mass is 10.1. The first-order valence-electron chi connectivity index (χ1n) is 11.5. The van der Waals surface area contributed by atoms with E-state index in [1.807, 2.05) is 79.7 Å². The predicted molar refractivity (Wildman–Crippen MR) is 134 cm³/mol. The molecule has 0 N–H and O–H groups in total. The minimum atomic E-state index is -0.153. The van der Waals surface area contributed by atoms with Crippen LogP contribution in [0.3, 0.4) is 0 Å². The van der Waals surface area contributed by atoms with E-state index in [0.717, 1.165) is 26.7 Å². The molecule has 35 heavy (non-hydrogen) atoms. The van der Waals surface area contributed by atoms with Gasteiger partial charge in [-0.2, -0.15) is 4.98 Å². The summed E-state index contributed by atoms with van der Waals surface area (Å²) in [6, 6.07) is 23.1. The van der Waals surface area contributed by atoms with Crippen LogP contribution in [0, 0.1) is 0 Å². The predicted octanol–water partition coefficient (Wildman–Crippen LogP) is 5.39. The van der Waals surface area contributed by atoms with Gasteiger partial charge >= 0.3 is 0 Å². The number of fused-ring (bicyclic) bond motifs is 2. The van der Waals surface area contributed by atoms with E-state index in [-0.39, 0.29) is 17.7 Å². The Morgan fingerprint density at radius 3 is 2.63 bits per heavy atom. The van der Waals surface area contributed by atoms with Crippen LogP contribution in [0.4, 0.5) is 11.4 Å². The van der Waals surface area contributed by atoms with E-state index < -0.39 is 0 Å². The van der Waals surface area contributed by atoms with Crippen molar-refractivity contribution in [1.82, 2.24) is 10.1 Å². The second-order valence-electron chi connectivity index (χ2n) is 8.53. The summed E-state index contributed by atoms with van der Waals surface area (Å²) in [6.07, 6.45) is 0.334. The van der Waals surface area contributed by atoms with Gasteiger partial charge < -0.3 is 14.3 Å². The maximum atomic E-state index is 13.1. The van der Waals surface area contributed by atoms with Gasteiger partial charge in [0.25, 0.3) is 5.91 Å². The van der Waals surface area contributed by atoms with Crippen LogP contribution in [0.2, 0.25) is 0 Å². The van der Waals surface area contributed by atoms with Crippen LogP contribution in [0.1, 0.15) is 35.5 Å². The van der Waals surface area contributed by atoms with Crippen molar-refractivity contribution in [3.8, 4) is 11.4 Å². The Kier molecular flexibility index (Phi) is 5.37. The van der Waals surface area contributed by atoms with Crippen LogP contribution in [0.25, 0.3) is 11.4 Å². The van der Waals surface area contributed by atoms with Crippen LogP contribution in [-0.4, -0.2) is 35.0 Å². The standard InChI is InChI=1S/C27H22N4O3S/c1-2-30-21-13-12-17(14-23(21)35-22-11-7-6-10-20(22)27(30)33)25-28-26(34-29-25)18-15-24(32)31(16-18)19-8-4-3-5-9-19/h3-14,18H,2,15-16H2,1H3/t18-/m1/s1. The van der Waals surface area contributed by atoms with Crippen molar-refractivity contribution >= 4 is 35.0 Å². The number of para-hydroxylation sites is 1. The van der Waals surface area contributed by atoms with Gasteiger partial charge in [0.2, 0.25) is 17.6 Å². The first-order valence-corrected chi connectivity index (χ1v) is 12.4. The van der Waals surface area contributed by atoms with Crippen LogP contribution < -0.4 is 9.80 Å². The summed E-state index contributed by atoms with van der Waals surface area (Å²) < 4.78 is 5.61. The summed E-state index contributed by atoms with van der Waals surface area (Å²) in [7, 11) is 0. The van der Waals surface area contributed by atoms with E-state index in [9.17, 15) is 9.59 Å². The Morgan fingerprint density at radius 1 is 1.00 bits per heavy atom. The van der Waals surface area contributed by atoms with Crippen molar-refractivity contribution < 1.29 is 14.1 Å². The quantitative estimate of drug-likeness (QED) is 0.388. The molecule has 2 aliphatic rings. The number of amides is 2. The molecule has 1 atom stereocenters. The second kappa shape index (κ2) is 8.70. The molecular formula is C27H22N4O3S. The van der Waals surface area contributed by atoms with E-state index >= 15 is 0 Å². The third kappa shape index (κ3) is 3.80. The molecule has 3 heterocycles. The first-order chi connectivity index (χ1) is 17.1. The number of hydrogen-bond donors (Lipinski definition) is 0. The fraction of sp³-hybridized carbons (Fsp3) is 0.185. The molecule has 8 heteroatoms. The van der Waals surface area contributed by atoms with Gasteiger partial charge in [-0.1, -0.05) is 47.3 Å². The molecule has 2 aliphatic heterocycles. The zero-order valence-electron chi connectivity index (χ0n) is 19.0. The van der Waals surface area contributed by atoms with Crippen molar-refractivity contribution in [3.63, 3.8) is 0 Å². The van der Waals surface area contributed by atoms with Crippen molar-refractivity contribution in [1.29, 1.82) is 0 Å². The number of rotatable bonds is 4. The Bertz CT molecular complexity index is 1440. The zero-order valence-corrected chi connectivity index (χ0v) is 19.9. The molecule has 2 amide bonds. The van der Waals surface area contributed by atoms with Gasteiger partial charge in [0.05, 0.1) is 17.2 Å². The number of carbonyl (C=O) groups excluding carboxylic acids is 2. The largest absolute Gasteiger partial charge is 0.339 e. The van der Waals surface area contributed by atoms with E-state index in [4.69, 9.17) is 4.52 Å². The summed E-state index contributed by atoms with van der Waals surface area (Å²) in [5, 5.41) is 4.22. The molecule has 1 fully saturated rings. The van der Waals surface area contributed by atoms with Crippen LogP contribution >= 0.6 is 11.8 Å². The minimum Gasteiger partial charge on any atom is -0.339 e. The molecule has 3 aromatic carbocycles. The average molecular weight is 483 g/mol. The van der Waals surface area contributed by atoms with E-state index in [1.54, 1.807) is 21.6 Å². The Labute approximate surface area is 206 Å². The fourth-order valence-corrected chi connectivity index (χ4v) is 5.74. The summed E-state index contributed by atoms with van der Waals surface area (Å²) in [5.74, 6) is 0.827. The SMILES string of the molecule is CCN1C(=O)c2ccccc2Sc2cc(-c3noc([C@@H]4CC(=O)N(c5ccccc5)C4)n3)ccc21. The third-order valence-electron chi connectivity index (χ3n) is 6.39. The molecule has 4 aromatic rings. The number of carbonyl (C=O) groups is 2. The average Bonchev–Trinajstić information content (AvgIpc) is 3.50. The minimum absolute atomic E-state index is 0.00202. The van der Waals surface area contributed by atoms with Crippen LogP contribution in [-0.2, 0) is 4.79 Å². The van der Waals surface area contributed by atoms with Gasteiger partial charge in [-0.3, -0.25) is 9.59 Å². The molecule has 7 nitrogen and oxygen atoms in total. The molecule has 0 aliphatic carbocycles. The molecule has 1 aromatic heterocycles. The molecule has 0 radical (unpaired) electrons. The number of aromatic nitrogens is 2. The topological polar surface area (TPSA) is 79.5 Å². The summed E-state index contributed by atoms with van der Waals surface area (Å²) in [6.45, 7) is 3.05. The summed E-state index contributed by atoms with van der Waals surface area (Å²) in [5.41, 5.74) is 3.25. The lowest BCUT2D eigenvalue weighted by Gasteiger charge is -2.21. The van der Waals surface area contributed by atoms with Crippen molar-refractivity contribution in [2.75, 3.05) is 22.9 Å². The van der Waals surface area contributed by atoms with Crippen molar-refractivity contribution in [2.24, 2.45) is 0 Å². The fourth-order valence-electron chi connectivity index (χ4n) is 4.63. The molecule has 174 valence electrons. The summed E-state index contributed by atoms with van der Waals surface area (Å²) >= 11 is 1.57. The van der Waals surface area contributed by atoms with Gasteiger partial charge in [-0.15, -0.1) is 0 Å². The molecule has 0 bridgehead atoms. The maximum absolute atomic E-state index is 13.1. The molecule has 0 spiro atoms. The zero-order chi connectivity index (χ0) is 23.9. The highest BCUT2D eigenvalue weighted by Gasteiger charge is 2.35. The van der Waals surface area contributed by atoms with E-state index in [1.165, 1.54) is 0 Å². The van der Waals surface area contributed by atoms with Gasteiger partial charge in [-0.05, 0) is 49.4 Å². The molecule has 1 saturated heterocycles. The number of nitrogens with zero attached hydrogens (tertiary/aromatic N) is 4. The number of anilines is 2. The maximum Gasteiger partial charge on any atom is 0.259 e. The third-order valence-corrected chi connectivity index (χ3v) is 7.51. The van der Waals surface area contributed by atoms with Gasteiger partial charge in [-0.25, -0.2) is 0 Å². The van der Waals surface area contributed by atoms with Crippen LogP contribution in [0.5, 0.6) is 0 Å². The Balaban J connectivity index is 1.30. The highest BCUT2D eigenvalue weighted by Crippen LogP contribution is 2.43. The monoisotopic (exact) mass is 482 g/mol. The lowest BCUT2D eigenvalue weighted by molar-refractivity contribution is -0.117. The van der Waals surface area contributed by atoms with Crippen molar-refractivity contribution in [3.05, 3.63) is 84.3 Å². The number of hydrogen-bond acceptors (Lipinski definition) is 6. The van der Waals surface area contributed by atoms with Gasteiger partial charge in [0.1, 0.15) is 0 Å². The molecule has 6 rings (SSSR count). The van der Waals surface area contributed by atoms with Gasteiger partial charge in [0.15, 0.2) is 0 Å².